The van der Waals surface area contributed by atoms with Gasteiger partial charge in [-0.05, 0) is 30.7 Å². The van der Waals surface area contributed by atoms with Crippen LogP contribution in [0.5, 0.6) is 5.75 Å². The van der Waals surface area contributed by atoms with Gasteiger partial charge < -0.3 is 15.4 Å². The predicted molar refractivity (Wildman–Crippen MR) is 78.2 cm³/mol. The van der Waals surface area contributed by atoms with E-state index in [2.05, 4.69) is 16.7 Å². The van der Waals surface area contributed by atoms with Crippen molar-refractivity contribution in [2.45, 2.75) is 13.0 Å². The van der Waals surface area contributed by atoms with Gasteiger partial charge in [0.25, 0.3) is 0 Å². The minimum Gasteiger partial charge on any atom is -0.497 e. The molecular formula is C16H16N2O2. The van der Waals surface area contributed by atoms with Gasteiger partial charge in [0.05, 0.1) is 13.2 Å². The topological polar surface area (TPSA) is 50.4 Å². The van der Waals surface area contributed by atoms with Crippen LogP contribution in [0.4, 0.5) is 10.5 Å². The van der Waals surface area contributed by atoms with Crippen molar-refractivity contribution in [2.75, 3.05) is 12.4 Å². The molecule has 1 heterocycles. The summed E-state index contributed by atoms with van der Waals surface area (Å²) >= 11 is 0. The van der Waals surface area contributed by atoms with Gasteiger partial charge in [-0.15, -0.1) is 0 Å². The molecule has 4 heteroatoms. The molecule has 2 N–H and O–H groups in total. The summed E-state index contributed by atoms with van der Waals surface area (Å²) in [6.07, 6.45) is 0. The lowest BCUT2D eigenvalue weighted by Gasteiger charge is -2.28. The maximum absolute atomic E-state index is 11.8. The van der Waals surface area contributed by atoms with Gasteiger partial charge in [0.15, 0.2) is 0 Å². The van der Waals surface area contributed by atoms with Crippen LogP contribution in [0.2, 0.25) is 0 Å². The molecule has 3 rings (SSSR count). The van der Waals surface area contributed by atoms with Crippen LogP contribution in [-0.2, 0) is 0 Å². The molecule has 0 saturated heterocycles. The summed E-state index contributed by atoms with van der Waals surface area (Å²) in [6.45, 7) is 2.04. The molecule has 0 radical (unpaired) electrons. The molecular weight excluding hydrogens is 252 g/mol. The van der Waals surface area contributed by atoms with Crippen molar-refractivity contribution >= 4 is 11.7 Å². The standard InChI is InChI=1S/C16H16N2O2/c1-10-3-8-14-13(9-10)15(18-16(19)17-14)11-4-6-12(20-2)7-5-11/h3-9,15H,1-2H3,(H2,17,18,19). The summed E-state index contributed by atoms with van der Waals surface area (Å²) in [5.74, 6) is 0.804. The normalized spacial score (nSPS) is 16.9. The highest BCUT2D eigenvalue weighted by molar-refractivity contribution is 5.93. The van der Waals surface area contributed by atoms with Crippen molar-refractivity contribution in [3.63, 3.8) is 0 Å². The molecule has 2 aromatic carbocycles. The third kappa shape index (κ3) is 2.20. The van der Waals surface area contributed by atoms with Gasteiger partial charge in [0.2, 0.25) is 0 Å². The fourth-order valence-corrected chi connectivity index (χ4v) is 2.46. The zero-order chi connectivity index (χ0) is 14.1. The van der Waals surface area contributed by atoms with Crippen LogP contribution in [0, 0.1) is 6.92 Å². The van der Waals surface area contributed by atoms with Crippen LogP contribution < -0.4 is 15.4 Å². The van der Waals surface area contributed by atoms with Gasteiger partial charge in [0.1, 0.15) is 5.75 Å². The summed E-state index contributed by atoms with van der Waals surface area (Å²) in [4.78, 5) is 11.8. The minimum absolute atomic E-state index is 0.135. The number of hydrogen-bond acceptors (Lipinski definition) is 2. The smallest absolute Gasteiger partial charge is 0.320 e. The first kappa shape index (κ1) is 12.5. The molecule has 2 aromatic rings. The number of ether oxygens (including phenoxy) is 1. The van der Waals surface area contributed by atoms with Crippen LogP contribution >= 0.6 is 0 Å². The van der Waals surface area contributed by atoms with Crippen LogP contribution in [0.25, 0.3) is 0 Å². The number of anilines is 1. The van der Waals surface area contributed by atoms with Crippen LogP contribution in [0.1, 0.15) is 22.7 Å². The van der Waals surface area contributed by atoms with E-state index in [9.17, 15) is 4.79 Å². The highest BCUT2D eigenvalue weighted by atomic mass is 16.5. The second kappa shape index (κ2) is 4.89. The zero-order valence-electron chi connectivity index (χ0n) is 11.4. The van der Waals surface area contributed by atoms with E-state index < -0.39 is 0 Å². The quantitative estimate of drug-likeness (QED) is 0.878. The van der Waals surface area contributed by atoms with E-state index in [-0.39, 0.29) is 12.1 Å². The molecule has 0 saturated carbocycles. The Hall–Kier alpha value is -2.49. The molecule has 0 spiro atoms. The molecule has 0 fully saturated rings. The Morgan fingerprint density at radius 1 is 1.10 bits per heavy atom. The third-order valence-corrected chi connectivity index (χ3v) is 3.49. The molecule has 1 unspecified atom stereocenters. The van der Waals surface area contributed by atoms with Crippen molar-refractivity contribution in [3.05, 3.63) is 59.2 Å². The molecule has 0 bridgehead atoms. The number of carbonyl (C=O) groups excluding carboxylic acids is 1. The number of urea groups is 1. The van der Waals surface area contributed by atoms with Gasteiger partial charge in [-0.25, -0.2) is 4.79 Å². The van der Waals surface area contributed by atoms with Crippen LogP contribution in [0.3, 0.4) is 0 Å². The van der Waals surface area contributed by atoms with Crippen molar-refractivity contribution < 1.29 is 9.53 Å². The minimum atomic E-state index is -0.179. The lowest BCUT2D eigenvalue weighted by molar-refractivity contribution is 0.249. The van der Waals surface area contributed by atoms with E-state index in [0.29, 0.717) is 0 Å². The molecule has 2 amide bonds. The maximum atomic E-state index is 11.8. The number of aryl methyl sites for hydroxylation is 1. The molecule has 4 nitrogen and oxygen atoms in total. The van der Waals surface area contributed by atoms with E-state index >= 15 is 0 Å². The van der Waals surface area contributed by atoms with Gasteiger partial charge in [0, 0.05) is 11.3 Å². The van der Waals surface area contributed by atoms with Gasteiger partial charge in [-0.2, -0.15) is 0 Å². The van der Waals surface area contributed by atoms with E-state index in [1.54, 1.807) is 7.11 Å². The number of fused-ring (bicyclic) bond motifs is 1. The number of methoxy groups -OCH3 is 1. The molecule has 20 heavy (non-hydrogen) atoms. The van der Waals surface area contributed by atoms with Crippen LogP contribution in [-0.4, -0.2) is 13.1 Å². The molecule has 1 aliphatic rings. The van der Waals surface area contributed by atoms with E-state index in [4.69, 9.17) is 4.74 Å². The lowest BCUT2D eigenvalue weighted by atomic mass is 9.94. The Labute approximate surface area is 117 Å². The predicted octanol–water partition coefficient (Wildman–Crippen LogP) is 3.23. The largest absolute Gasteiger partial charge is 0.497 e. The number of hydrogen-bond donors (Lipinski definition) is 2. The highest BCUT2D eigenvalue weighted by Crippen LogP contribution is 2.33. The third-order valence-electron chi connectivity index (χ3n) is 3.49. The number of benzene rings is 2. The first-order valence-electron chi connectivity index (χ1n) is 6.49. The summed E-state index contributed by atoms with van der Waals surface area (Å²) < 4.78 is 5.17. The summed E-state index contributed by atoms with van der Waals surface area (Å²) in [7, 11) is 1.64. The first-order valence-corrected chi connectivity index (χ1v) is 6.49. The molecule has 1 atom stereocenters. The average molecular weight is 268 g/mol. The second-order valence-electron chi connectivity index (χ2n) is 4.90. The van der Waals surface area contributed by atoms with Crippen molar-refractivity contribution in [1.82, 2.24) is 5.32 Å². The average Bonchev–Trinajstić information content (AvgIpc) is 2.47. The lowest BCUT2D eigenvalue weighted by Crippen LogP contribution is -2.38. The van der Waals surface area contributed by atoms with Gasteiger partial charge in [-0.1, -0.05) is 29.8 Å². The summed E-state index contributed by atoms with van der Waals surface area (Å²) in [5, 5.41) is 5.80. The number of rotatable bonds is 2. The molecule has 102 valence electrons. The van der Waals surface area contributed by atoms with E-state index in [1.165, 1.54) is 5.56 Å². The Morgan fingerprint density at radius 2 is 1.85 bits per heavy atom. The zero-order valence-corrected chi connectivity index (χ0v) is 11.4. The monoisotopic (exact) mass is 268 g/mol. The fourth-order valence-electron chi connectivity index (χ4n) is 2.46. The van der Waals surface area contributed by atoms with Crippen molar-refractivity contribution in [3.8, 4) is 5.75 Å². The Kier molecular flexibility index (Phi) is 3.06. The van der Waals surface area contributed by atoms with Gasteiger partial charge >= 0.3 is 6.03 Å². The second-order valence-corrected chi connectivity index (χ2v) is 4.90. The Balaban J connectivity index is 2.04. The summed E-state index contributed by atoms with van der Waals surface area (Å²) in [5.41, 5.74) is 4.14. The van der Waals surface area contributed by atoms with Crippen molar-refractivity contribution in [2.24, 2.45) is 0 Å². The molecule has 0 aliphatic carbocycles. The van der Waals surface area contributed by atoms with E-state index in [1.807, 2.05) is 43.3 Å². The fraction of sp³-hybridized carbons (Fsp3) is 0.188. The van der Waals surface area contributed by atoms with Crippen LogP contribution in [0.15, 0.2) is 42.5 Å². The van der Waals surface area contributed by atoms with Gasteiger partial charge in [-0.3, -0.25) is 0 Å². The highest BCUT2D eigenvalue weighted by Gasteiger charge is 2.25. The SMILES string of the molecule is COc1ccc(C2NC(=O)Nc3ccc(C)cc32)cc1. The number of amides is 2. The maximum Gasteiger partial charge on any atom is 0.320 e. The Morgan fingerprint density at radius 3 is 2.55 bits per heavy atom. The number of nitrogens with one attached hydrogen (secondary N) is 2. The molecule has 1 aliphatic heterocycles. The van der Waals surface area contributed by atoms with E-state index in [0.717, 1.165) is 22.6 Å². The number of carbonyl (C=O) groups is 1. The summed E-state index contributed by atoms with van der Waals surface area (Å²) in [6, 6.07) is 13.5. The van der Waals surface area contributed by atoms with Crippen molar-refractivity contribution in [1.29, 1.82) is 0 Å². The first-order chi connectivity index (χ1) is 9.67. The Bertz CT molecular complexity index is 650. The molecule has 0 aromatic heterocycles.